The predicted octanol–water partition coefficient (Wildman–Crippen LogP) is 23.7. The largest absolute Gasteiger partial charge is 0.472 e. The topological polar surface area (TPSA) is 237 Å². The first-order valence-corrected chi connectivity index (χ1v) is 44.4. The van der Waals surface area contributed by atoms with Crippen LogP contribution in [0.1, 0.15) is 414 Å². The molecule has 0 heterocycles. The molecule has 0 rings (SSSR count). The number of carbonyl (C=O) groups is 4. The Hall–Kier alpha value is -1.94. The van der Waals surface area contributed by atoms with E-state index in [1.165, 1.54) is 218 Å². The Morgan fingerprint density at radius 1 is 0.293 bits per heavy atom. The minimum absolute atomic E-state index is 0.104. The van der Waals surface area contributed by atoms with Crippen LogP contribution in [-0.4, -0.2) is 96.7 Å². The number of aliphatic hydroxyl groups is 1. The molecule has 0 aromatic heterocycles. The van der Waals surface area contributed by atoms with E-state index in [1.54, 1.807) is 0 Å². The van der Waals surface area contributed by atoms with Crippen LogP contribution in [0.4, 0.5) is 0 Å². The lowest BCUT2D eigenvalue weighted by atomic mass is 9.99. The summed E-state index contributed by atoms with van der Waals surface area (Å²) in [5.74, 6) is 0.209. The number of phosphoric acid groups is 2. The van der Waals surface area contributed by atoms with Crippen LogP contribution in [-0.2, 0) is 65.4 Å². The lowest BCUT2D eigenvalue weighted by molar-refractivity contribution is -0.161. The van der Waals surface area contributed by atoms with Crippen molar-refractivity contribution in [2.24, 2.45) is 17.8 Å². The Kier molecular flexibility index (Phi) is 69.0. The highest BCUT2D eigenvalue weighted by atomic mass is 31.2. The number of hydrogen-bond donors (Lipinski definition) is 3. The first kappa shape index (κ1) is 97.1. The molecule has 0 radical (unpaired) electrons. The fourth-order valence-electron chi connectivity index (χ4n) is 12.2. The first-order valence-electron chi connectivity index (χ1n) is 41.4. The van der Waals surface area contributed by atoms with Crippen molar-refractivity contribution in [1.82, 2.24) is 0 Å². The fraction of sp³-hybridized carbons (Fsp3) is 0.950. The zero-order valence-electron chi connectivity index (χ0n) is 65.0. The number of carbonyl (C=O) groups excluding carboxylic acids is 4. The third-order valence-electron chi connectivity index (χ3n) is 19.4. The van der Waals surface area contributed by atoms with Crippen LogP contribution in [0.25, 0.3) is 0 Å². The molecule has 0 saturated heterocycles. The Labute approximate surface area is 607 Å². The van der Waals surface area contributed by atoms with E-state index < -0.39 is 97.5 Å². The number of unbranched alkanes of at least 4 members (excludes halogenated alkanes) is 44. The Morgan fingerprint density at radius 2 is 0.515 bits per heavy atom. The maximum absolute atomic E-state index is 13.1. The van der Waals surface area contributed by atoms with Gasteiger partial charge in [0.2, 0.25) is 0 Å². The average molecular weight is 1450 g/mol. The average Bonchev–Trinajstić information content (AvgIpc) is 1.03. The second-order valence-electron chi connectivity index (χ2n) is 29.8. The highest BCUT2D eigenvalue weighted by molar-refractivity contribution is 7.47. The zero-order chi connectivity index (χ0) is 73.0. The van der Waals surface area contributed by atoms with Gasteiger partial charge in [0.25, 0.3) is 0 Å². The van der Waals surface area contributed by atoms with Gasteiger partial charge in [0, 0.05) is 25.7 Å². The summed E-state index contributed by atoms with van der Waals surface area (Å²) in [7, 11) is -9.92. The second kappa shape index (κ2) is 70.4. The molecule has 99 heavy (non-hydrogen) atoms. The summed E-state index contributed by atoms with van der Waals surface area (Å²) in [6, 6.07) is 0. The van der Waals surface area contributed by atoms with Crippen molar-refractivity contribution in [3.63, 3.8) is 0 Å². The van der Waals surface area contributed by atoms with E-state index >= 15 is 0 Å². The van der Waals surface area contributed by atoms with Crippen molar-refractivity contribution in [2.75, 3.05) is 39.6 Å². The molecule has 17 nitrogen and oxygen atoms in total. The maximum atomic E-state index is 13.1. The van der Waals surface area contributed by atoms with Gasteiger partial charge >= 0.3 is 39.5 Å². The van der Waals surface area contributed by atoms with Crippen molar-refractivity contribution in [2.45, 2.75) is 433 Å². The molecule has 0 bridgehead atoms. The third-order valence-corrected chi connectivity index (χ3v) is 21.3. The molecule has 0 aliphatic carbocycles. The summed E-state index contributed by atoms with van der Waals surface area (Å²) in [4.78, 5) is 73.0. The number of rotatable bonds is 78. The molecule has 0 aliphatic rings. The smallest absolute Gasteiger partial charge is 0.462 e. The van der Waals surface area contributed by atoms with Gasteiger partial charge in [-0.05, 0) is 43.4 Å². The summed E-state index contributed by atoms with van der Waals surface area (Å²) < 4.78 is 68.7. The van der Waals surface area contributed by atoms with Gasteiger partial charge in [-0.25, -0.2) is 9.13 Å². The van der Waals surface area contributed by atoms with Crippen LogP contribution >= 0.6 is 15.6 Å². The molecule has 3 N–H and O–H groups in total. The lowest BCUT2D eigenvalue weighted by Crippen LogP contribution is -2.30. The summed E-state index contributed by atoms with van der Waals surface area (Å²) in [6.07, 6.45) is 58.3. The summed E-state index contributed by atoms with van der Waals surface area (Å²) in [5.41, 5.74) is 0. The van der Waals surface area contributed by atoms with Gasteiger partial charge in [0.05, 0.1) is 26.4 Å². The van der Waals surface area contributed by atoms with Gasteiger partial charge in [0.15, 0.2) is 12.2 Å². The van der Waals surface area contributed by atoms with Gasteiger partial charge in [-0.3, -0.25) is 37.3 Å². The van der Waals surface area contributed by atoms with Crippen molar-refractivity contribution >= 4 is 39.5 Å². The highest BCUT2D eigenvalue weighted by Gasteiger charge is 2.30. The minimum Gasteiger partial charge on any atom is -0.462 e. The molecule has 0 aliphatic heterocycles. The minimum atomic E-state index is -4.96. The molecule has 0 amide bonds. The summed E-state index contributed by atoms with van der Waals surface area (Å²) in [5, 5.41) is 10.6. The number of aliphatic hydroxyl groups excluding tert-OH is 1. The molecular formula is C80H156O17P2. The quantitative estimate of drug-likeness (QED) is 0.0222. The van der Waals surface area contributed by atoms with Crippen LogP contribution in [0.5, 0.6) is 0 Å². The molecule has 588 valence electrons. The lowest BCUT2D eigenvalue weighted by Gasteiger charge is -2.21. The van der Waals surface area contributed by atoms with Gasteiger partial charge in [-0.15, -0.1) is 0 Å². The number of esters is 4. The van der Waals surface area contributed by atoms with Crippen molar-refractivity contribution < 1.29 is 80.2 Å². The van der Waals surface area contributed by atoms with Crippen molar-refractivity contribution in [1.29, 1.82) is 0 Å². The van der Waals surface area contributed by atoms with Crippen LogP contribution in [0.2, 0.25) is 0 Å². The second-order valence-corrected chi connectivity index (χ2v) is 32.7. The van der Waals surface area contributed by atoms with Gasteiger partial charge in [0.1, 0.15) is 19.3 Å². The van der Waals surface area contributed by atoms with Crippen molar-refractivity contribution in [3.8, 4) is 0 Å². The monoisotopic (exact) mass is 1450 g/mol. The first-order chi connectivity index (χ1) is 47.8. The van der Waals surface area contributed by atoms with Gasteiger partial charge in [-0.1, -0.05) is 363 Å². The standard InChI is InChI=1S/C80H156O17P2/c1-8-11-12-13-14-15-16-17-18-19-20-21-22-27-30-33-41-49-56-63-79(84)96-75(67-90-77(82)61-54-47-40-32-29-26-24-23-25-28-31-38-45-52-59-72(6)9-2)69-94-98(86,87)92-65-74(81)66-93-99(88,89)95-70-76(68-91-78(83)62-55-48-43-36-37-44-51-58-71(4)5)97-80(85)64-57-50-42-35-34-39-46-53-60-73(7)10-3/h71-76,81H,8-70H2,1-7H3,(H,86,87)(H,88,89)/t72?,73?,74-,75-,76-/m1/s1. The molecule has 0 aromatic carbocycles. The predicted molar refractivity (Wildman–Crippen MR) is 405 cm³/mol. The van der Waals surface area contributed by atoms with E-state index in [0.29, 0.717) is 31.6 Å². The molecule has 4 unspecified atom stereocenters. The SMILES string of the molecule is CCCCCCCCCCCCCCCCCCCCCC(=O)O[C@H](COC(=O)CCCCCCCCCCCCCCCCC(C)CC)COP(=O)(O)OC[C@@H](O)COP(=O)(O)OC[C@@H](COC(=O)CCCCCCCCCC(C)C)OC(=O)CCCCCCCCCCC(C)CC. The van der Waals surface area contributed by atoms with Crippen LogP contribution in [0.15, 0.2) is 0 Å². The molecule has 0 spiro atoms. The number of phosphoric ester groups is 2. The number of ether oxygens (including phenoxy) is 4. The van der Waals surface area contributed by atoms with E-state index in [1.807, 2.05) is 0 Å². The molecule has 7 atom stereocenters. The van der Waals surface area contributed by atoms with E-state index in [4.69, 9.17) is 37.0 Å². The Balaban J connectivity index is 5.24. The summed E-state index contributed by atoms with van der Waals surface area (Å²) in [6.45, 7) is 11.9. The molecule has 0 saturated carbocycles. The fourth-order valence-corrected chi connectivity index (χ4v) is 13.8. The zero-order valence-corrected chi connectivity index (χ0v) is 66.8. The van der Waals surface area contributed by atoms with E-state index in [2.05, 4.69) is 48.5 Å². The van der Waals surface area contributed by atoms with Crippen LogP contribution in [0.3, 0.4) is 0 Å². The van der Waals surface area contributed by atoms with Crippen LogP contribution < -0.4 is 0 Å². The normalized spacial score (nSPS) is 14.5. The molecular weight excluding hydrogens is 1290 g/mol. The Bertz CT molecular complexity index is 1930. The summed E-state index contributed by atoms with van der Waals surface area (Å²) >= 11 is 0. The van der Waals surface area contributed by atoms with Gasteiger partial charge in [-0.2, -0.15) is 0 Å². The molecule has 0 aromatic rings. The van der Waals surface area contributed by atoms with Gasteiger partial charge < -0.3 is 33.8 Å². The van der Waals surface area contributed by atoms with Crippen LogP contribution in [0, 0.1) is 17.8 Å². The van der Waals surface area contributed by atoms with E-state index in [0.717, 1.165) is 108 Å². The van der Waals surface area contributed by atoms with E-state index in [9.17, 15) is 43.2 Å². The van der Waals surface area contributed by atoms with E-state index in [-0.39, 0.29) is 25.7 Å². The molecule has 0 fully saturated rings. The maximum Gasteiger partial charge on any atom is 0.472 e. The Morgan fingerprint density at radius 3 is 0.768 bits per heavy atom. The third kappa shape index (κ3) is 71.5. The van der Waals surface area contributed by atoms with Crippen molar-refractivity contribution in [3.05, 3.63) is 0 Å². The molecule has 19 heteroatoms. The number of hydrogen-bond acceptors (Lipinski definition) is 15. The highest BCUT2D eigenvalue weighted by Crippen LogP contribution is 2.45.